The van der Waals surface area contributed by atoms with Gasteiger partial charge in [-0.1, -0.05) is 6.07 Å². The average Bonchev–Trinajstić information content (AvgIpc) is 2.60. The van der Waals surface area contributed by atoms with Crippen LogP contribution in [0.15, 0.2) is 23.2 Å². The molecule has 162 valence electrons. The molecule has 7 heteroatoms. The Balaban J connectivity index is 0.00000729. The van der Waals surface area contributed by atoms with Gasteiger partial charge in [0.1, 0.15) is 0 Å². The molecule has 0 aliphatic carbocycles. The summed E-state index contributed by atoms with van der Waals surface area (Å²) in [6.45, 7) is 17.0. The van der Waals surface area contributed by atoms with Gasteiger partial charge in [-0.25, -0.2) is 0 Å². The van der Waals surface area contributed by atoms with E-state index in [1.54, 1.807) is 0 Å². The highest BCUT2D eigenvalue weighted by Crippen LogP contribution is 2.28. The topological polar surface area (TPSA) is 66.9 Å². The molecule has 0 bridgehead atoms. The van der Waals surface area contributed by atoms with Crippen LogP contribution in [0.3, 0.4) is 0 Å². The van der Waals surface area contributed by atoms with E-state index in [0.29, 0.717) is 13.2 Å². The van der Waals surface area contributed by atoms with Crippen LogP contribution in [0.25, 0.3) is 0 Å². The first kappa shape index (κ1) is 26.8. The lowest BCUT2D eigenvalue weighted by molar-refractivity contribution is 0.287. The SMILES string of the molecule is CCNC(=NCCNC(C)(C)C)NCCc1ccc(OCC)c(OCC)c1.I. The van der Waals surface area contributed by atoms with Crippen LogP contribution >= 0.6 is 24.0 Å². The molecule has 0 aliphatic heterocycles. The maximum absolute atomic E-state index is 5.70. The third-order valence-corrected chi connectivity index (χ3v) is 3.70. The van der Waals surface area contributed by atoms with Crippen LogP contribution in [0.4, 0.5) is 0 Å². The molecule has 0 spiro atoms. The molecule has 28 heavy (non-hydrogen) atoms. The Morgan fingerprint density at radius 2 is 1.64 bits per heavy atom. The number of aliphatic imine (C=N–C) groups is 1. The van der Waals surface area contributed by atoms with Crippen LogP contribution in [0.1, 0.15) is 47.1 Å². The number of hydrogen-bond donors (Lipinski definition) is 3. The van der Waals surface area contributed by atoms with Crippen LogP contribution < -0.4 is 25.4 Å². The summed E-state index contributed by atoms with van der Waals surface area (Å²) in [5.74, 6) is 2.46. The molecule has 0 saturated carbocycles. The van der Waals surface area contributed by atoms with E-state index in [2.05, 4.69) is 60.8 Å². The number of hydrogen-bond acceptors (Lipinski definition) is 4. The highest BCUT2D eigenvalue weighted by Gasteiger charge is 2.08. The van der Waals surface area contributed by atoms with Crippen molar-refractivity contribution in [3.8, 4) is 11.5 Å². The average molecular weight is 506 g/mol. The summed E-state index contributed by atoms with van der Waals surface area (Å²) in [5.41, 5.74) is 1.33. The van der Waals surface area contributed by atoms with E-state index in [0.717, 1.165) is 50.1 Å². The molecule has 0 saturated heterocycles. The van der Waals surface area contributed by atoms with Crippen LogP contribution in [-0.2, 0) is 6.42 Å². The van der Waals surface area contributed by atoms with Gasteiger partial charge in [0, 0.05) is 25.2 Å². The second-order valence-corrected chi connectivity index (χ2v) is 7.26. The predicted molar refractivity (Wildman–Crippen MR) is 130 cm³/mol. The van der Waals surface area contributed by atoms with Gasteiger partial charge in [0.2, 0.25) is 0 Å². The molecule has 6 nitrogen and oxygen atoms in total. The van der Waals surface area contributed by atoms with Crippen molar-refractivity contribution in [3.05, 3.63) is 23.8 Å². The second kappa shape index (κ2) is 14.7. The number of ether oxygens (including phenoxy) is 2. The number of nitrogens with zero attached hydrogens (tertiary/aromatic N) is 1. The van der Waals surface area contributed by atoms with E-state index in [9.17, 15) is 0 Å². The van der Waals surface area contributed by atoms with Gasteiger partial charge in [-0.3, -0.25) is 4.99 Å². The van der Waals surface area contributed by atoms with Crippen molar-refractivity contribution in [2.75, 3.05) is 39.4 Å². The summed E-state index contributed by atoms with van der Waals surface area (Å²) in [6.07, 6.45) is 0.886. The monoisotopic (exact) mass is 506 g/mol. The lowest BCUT2D eigenvalue weighted by Gasteiger charge is -2.20. The molecule has 1 aromatic carbocycles. The first-order valence-electron chi connectivity index (χ1n) is 10.0. The van der Waals surface area contributed by atoms with Crippen molar-refractivity contribution in [2.24, 2.45) is 4.99 Å². The van der Waals surface area contributed by atoms with E-state index < -0.39 is 0 Å². The van der Waals surface area contributed by atoms with Gasteiger partial charge in [0.15, 0.2) is 17.5 Å². The Morgan fingerprint density at radius 3 is 2.25 bits per heavy atom. The van der Waals surface area contributed by atoms with Crippen LogP contribution in [0, 0.1) is 0 Å². The molecule has 3 N–H and O–H groups in total. The zero-order valence-electron chi connectivity index (χ0n) is 18.4. The molecule has 0 unspecified atom stereocenters. The number of halogens is 1. The molecule has 0 fully saturated rings. The number of nitrogens with one attached hydrogen (secondary N) is 3. The Hall–Kier alpha value is -1.22. The van der Waals surface area contributed by atoms with Crippen molar-refractivity contribution in [2.45, 2.75) is 53.5 Å². The molecule has 1 aromatic rings. The molecule has 0 heterocycles. The highest BCUT2D eigenvalue weighted by atomic mass is 127. The first-order chi connectivity index (χ1) is 12.9. The van der Waals surface area contributed by atoms with Gasteiger partial charge in [0.05, 0.1) is 19.8 Å². The summed E-state index contributed by atoms with van der Waals surface area (Å²) >= 11 is 0. The summed E-state index contributed by atoms with van der Waals surface area (Å²) < 4.78 is 11.3. The minimum absolute atomic E-state index is 0. The van der Waals surface area contributed by atoms with E-state index >= 15 is 0 Å². The van der Waals surface area contributed by atoms with E-state index in [-0.39, 0.29) is 29.5 Å². The second-order valence-electron chi connectivity index (χ2n) is 7.26. The Labute approximate surface area is 188 Å². The van der Waals surface area contributed by atoms with Gasteiger partial charge in [-0.2, -0.15) is 0 Å². The predicted octanol–water partition coefficient (Wildman–Crippen LogP) is 3.59. The fourth-order valence-electron chi connectivity index (χ4n) is 2.52. The zero-order chi connectivity index (χ0) is 20.1. The molecule has 0 atom stereocenters. The van der Waals surface area contributed by atoms with Gasteiger partial charge < -0.3 is 25.4 Å². The normalized spacial score (nSPS) is 11.6. The number of rotatable bonds is 11. The molecule has 1 rings (SSSR count). The largest absolute Gasteiger partial charge is 0.490 e. The number of benzene rings is 1. The Kier molecular flexibility index (Phi) is 14.1. The fraction of sp³-hybridized carbons (Fsp3) is 0.667. The van der Waals surface area contributed by atoms with Crippen molar-refractivity contribution < 1.29 is 9.47 Å². The van der Waals surface area contributed by atoms with Gasteiger partial charge in [0.25, 0.3) is 0 Å². The molecule has 0 amide bonds. The summed E-state index contributed by atoms with van der Waals surface area (Å²) in [4.78, 5) is 4.62. The van der Waals surface area contributed by atoms with Crippen molar-refractivity contribution in [3.63, 3.8) is 0 Å². The van der Waals surface area contributed by atoms with Crippen molar-refractivity contribution in [1.29, 1.82) is 0 Å². The van der Waals surface area contributed by atoms with E-state index in [1.807, 2.05) is 19.9 Å². The van der Waals surface area contributed by atoms with Gasteiger partial charge in [-0.15, -0.1) is 24.0 Å². The Bertz CT molecular complexity index is 574. The standard InChI is InChI=1S/C21H38N4O2.HI/c1-7-22-20(24-14-15-25-21(4,5)6)23-13-12-17-10-11-18(26-8-2)19(16-17)27-9-3;/h10-11,16,25H,7-9,12-15H2,1-6H3,(H2,22,23,24);1H. The third-order valence-electron chi connectivity index (χ3n) is 3.70. The number of guanidine groups is 1. The molecular weight excluding hydrogens is 467 g/mol. The van der Waals surface area contributed by atoms with Gasteiger partial charge in [-0.05, 0) is 65.7 Å². The van der Waals surface area contributed by atoms with Crippen molar-refractivity contribution >= 4 is 29.9 Å². The van der Waals surface area contributed by atoms with Crippen LogP contribution in [0.2, 0.25) is 0 Å². The fourth-order valence-corrected chi connectivity index (χ4v) is 2.52. The van der Waals surface area contributed by atoms with Gasteiger partial charge >= 0.3 is 0 Å². The zero-order valence-corrected chi connectivity index (χ0v) is 20.7. The molecule has 0 radical (unpaired) electrons. The third kappa shape index (κ3) is 11.6. The van der Waals surface area contributed by atoms with Crippen molar-refractivity contribution in [1.82, 2.24) is 16.0 Å². The summed E-state index contributed by atoms with van der Waals surface area (Å²) in [5, 5.41) is 10.1. The molecular formula is C21H39IN4O2. The Morgan fingerprint density at radius 1 is 0.964 bits per heavy atom. The van der Waals surface area contributed by atoms with Crippen LogP contribution in [0.5, 0.6) is 11.5 Å². The quantitative estimate of drug-likeness (QED) is 0.185. The molecule has 0 aromatic heterocycles. The summed E-state index contributed by atoms with van der Waals surface area (Å²) in [6, 6.07) is 6.14. The lowest BCUT2D eigenvalue weighted by Crippen LogP contribution is -2.40. The van der Waals surface area contributed by atoms with E-state index in [1.165, 1.54) is 5.56 Å². The maximum Gasteiger partial charge on any atom is 0.191 e. The highest BCUT2D eigenvalue weighted by molar-refractivity contribution is 14.0. The van der Waals surface area contributed by atoms with Crippen LogP contribution in [-0.4, -0.2) is 50.9 Å². The minimum Gasteiger partial charge on any atom is -0.490 e. The first-order valence-corrected chi connectivity index (χ1v) is 10.0. The minimum atomic E-state index is 0. The maximum atomic E-state index is 5.70. The van der Waals surface area contributed by atoms with E-state index in [4.69, 9.17) is 9.47 Å². The lowest BCUT2D eigenvalue weighted by atomic mass is 10.1. The molecule has 0 aliphatic rings. The smallest absolute Gasteiger partial charge is 0.191 e. The summed E-state index contributed by atoms with van der Waals surface area (Å²) in [7, 11) is 0.